The van der Waals surface area contributed by atoms with Crippen molar-refractivity contribution in [2.45, 2.75) is 124 Å². The molecule has 62 heavy (non-hydrogen) atoms. The number of aliphatic hydroxyl groups excluding tert-OH is 1. The van der Waals surface area contributed by atoms with E-state index in [4.69, 9.17) is 18.9 Å². The topological polar surface area (TPSA) is 176 Å². The van der Waals surface area contributed by atoms with Gasteiger partial charge in [0.15, 0.2) is 0 Å². The molecule has 0 fully saturated rings. The second-order valence-corrected chi connectivity index (χ2v) is 18.0. The average molecular weight is 871 g/mol. The maximum atomic E-state index is 14.4. The van der Waals surface area contributed by atoms with Crippen molar-refractivity contribution in [2.24, 2.45) is 17.3 Å². The maximum absolute atomic E-state index is 14.4. The Morgan fingerprint density at radius 1 is 1.03 bits per heavy atom. The number of esters is 2. The van der Waals surface area contributed by atoms with Gasteiger partial charge in [-0.1, -0.05) is 49.3 Å². The summed E-state index contributed by atoms with van der Waals surface area (Å²) in [6.45, 7) is 13.0. The summed E-state index contributed by atoms with van der Waals surface area (Å²) in [5.74, 6) is -2.97. The molecule has 2 aromatic carbocycles. The molecule has 1 N–H and O–H groups in total. The summed E-state index contributed by atoms with van der Waals surface area (Å²) in [5.41, 5.74) is 1.76. The monoisotopic (exact) mass is 870 g/mol. The van der Waals surface area contributed by atoms with Gasteiger partial charge in [0, 0.05) is 37.5 Å². The maximum Gasteiger partial charge on any atom is 0.508 e. The molecule has 0 bridgehead atoms. The number of unbranched alkanes of at least 4 members (excludes halogenated alkanes) is 2. The Bertz CT molecular complexity index is 2150. The third kappa shape index (κ3) is 13.0. The number of thiazole rings is 1. The van der Waals surface area contributed by atoms with Gasteiger partial charge < -0.3 is 24.1 Å². The minimum Gasteiger partial charge on any atom is -0.457 e. The normalized spacial score (nSPS) is 23.4. The molecular formula is C48H58N2O11S. The second kappa shape index (κ2) is 22.1. The third-order valence-corrected chi connectivity index (χ3v) is 12.5. The summed E-state index contributed by atoms with van der Waals surface area (Å²) in [6.07, 6.45) is 6.22. The highest BCUT2D eigenvalue weighted by Gasteiger charge is 2.46. The van der Waals surface area contributed by atoms with Gasteiger partial charge in [0.25, 0.3) is 11.8 Å². The van der Waals surface area contributed by atoms with Crippen LogP contribution in [-0.4, -0.2) is 69.4 Å². The Kier molecular flexibility index (Phi) is 16.9. The minimum absolute atomic E-state index is 0.149. The number of aryl methyl sites for hydroxylation is 1. The summed E-state index contributed by atoms with van der Waals surface area (Å²) in [6, 6.07) is 12.2. The number of ether oxygens (including phenoxy) is 4. The lowest BCUT2D eigenvalue weighted by Crippen LogP contribution is -2.48. The number of rotatable bonds is 13. The minimum atomic E-state index is -1.47. The average Bonchev–Trinajstić information content (AvgIpc) is 3.78. The quantitative estimate of drug-likeness (QED) is 0.0568. The van der Waals surface area contributed by atoms with Crippen LogP contribution in [0.2, 0.25) is 0 Å². The van der Waals surface area contributed by atoms with Gasteiger partial charge in [-0.25, -0.2) is 9.78 Å². The van der Waals surface area contributed by atoms with Crippen LogP contribution in [0.15, 0.2) is 78.9 Å². The predicted molar refractivity (Wildman–Crippen MR) is 234 cm³/mol. The molecule has 2 aliphatic rings. The number of ketones is 1. The number of imide groups is 1. The number of aromatic nitrogens is 1. The highest BCUT2D eigenvalue weighted by Crippen LogP contribution is 2.37. The van der Waals surface area contributed by atoms with Crippen LogP contribution < -0.4 is 4.74 Å². The Labute approximate surface area is 367 Å². The van der Waals surface area contributed by atoms with Crippen molar-refractivity contribution in [1.29, 1.82) is 0 Å². The first-order valence-corrected chi connectivity index (χ1v) is 22.1. The Morgan fingerprint density at radius 2 is 1.76 bits per heavy atom. The lowest BCUT2D eigenvalue weighted by atomic mass is 9.71. The van der Waals surface area contributed by atoms with Crippen LogP contribution in [0, 0.1) is 24.2 Å². The van der Waals surface area contributed by atoms with Crippen molar-refractivity contribution in [2.75, 3.05) is 6.54 Å². The standard InChI is InChI=1S/C48H58N2O11S/c1-7-12-36-45(55)31(3)14-11-13-30(2)16-22-38(34-19-23-39-37(27-34)49-32(4)62-39)60-44(54)28-40(48(5,6)46(36)56)61-47(57)58-29-33-17-20-35(21-18-33)59-43(53)15-9-8-10-26-50-41(51)24-25-42(50)52/h7,16-21,23-25,27,31,36,38,40,45,55H,1,8-15,22,26,28-29H2,2-6H3/b30-16-/t31-,36+,38-,40-,45-/m0/s1. The molecule has 3 aromatic rings. The van der Waals surface area contributed by atoms with Gasteiger partial charge in [0.1, 0.15) is 30.3 Å². The number of carbonyl (C=O) groups is 6. The van der Waals surface area contributed by atoms with Crippen LogP contribution in [-0.2, 0) is 44.8 Å². The largest absolute Gasteiger partial charge is 0.508 e. The van der Waals surface area contributed by atoms with Crippen molar-refractivity contribution in [3.8, 4) is 5.75 Å². The van der Waals surface area contributed by atoms with Crippen LogP contribution in [0.25, 0.3) is 10.2 Å². The SMILES string of the molecule is C=CC[C@H]1C(=O)C(C)(C)[C@@H](OC(=O)OCc2ccc(OC(=O)CCCCCN3C(=O)C=CC3=O)cc2)CC(=O)O[C@H](c2ccc3sc(C)nc3c2)C/C=C(/C)CCC[C@H](C)[C@@H]1O. The van der Waals surface area contributed by atoms with E-state index in [9.17, 15) is 33.9 Å². The van der Waals surface area contributed by atoms with E-state index in [1.165, 1.54) is 17.1 Å². The number of cyclic esters (lactones) is 1. The molecule has 0 saturated heterocycles. The third-order valence-electron chi connectivity index (χ3n) is 11.5. The summed E-state index contributed by atoms with van der Waals surface area (Å²) in [5, 5.41) is 12.4. The zero-order chi connectivity index (χ0) is 45.0. The van der Waals surface area contributed by atoms with Gasteiger partial charge in [0.05, 0.1) is 33.2 Å². The van der Waals surface area contributed by atoms with Gasteiger partial charge in [-0.3, -0.25) is 28.9 Å². The van der Waals surface area contributed by atoms with E-state index in [-0.39, 0.29) is 43.0 Å². The molecule has 2 aliphatic heterocycles. The molecule has 5 rings (SSSR count). The van der Waals surface area contributed by atoms with Crippen molar-refractivity contribution >= 4 is 57.2 Å². The lowest BCUT2D eigenvalue weighted by Gasteiger charge is -2.37. The summed E-state index contributed by atoms with van der Waals surface area (Å²) in [4.78, 5) is 83.4. The summed E-state index contributed by atoms with van der Waals surface area (Å²) in [7, 11) is 0. The van der Waals surface area contributed by atoms with E-state index in [0.29, 0.717) is 50.0 Å². The molecule has 2 amide bonds. The molecule has 0 radical (unpaired) electrons. The fraction of sp³-hybridized carbons (Fsp3) is 0.479. The molecule has 0 unspecified atom stereocenters. The Balaban J connectivity index is 1.25. The number of Topliss-reactive ketones (excluding diaryl/α,β-unsaturated/α-hetero) is 1. The first-order chi connectivity index (χ1) is 29.5. The van der Waals surface area contributed by atoms with Gasteiger partial charge >= 0.3 is 18.1 Å². The van der Waals surface area contributed by atoms with E-state index >= 15 is 0 Å². The number of aliphatic hydroxyl groups is 1. The zero-order valence-electron chi connectivity index (χ0n) is 36.3. The smallest absolute Gasteiger partial charge is 0.457 e. The van der Waals surface area contributed by atoms with Crippen LogP contribution in [0.5, 0.6) is 5.75 Å². The van der Waals surface area contributed by atoms with E-state index in [1.807, 2.05) is 39.0 Å². The Hall–Kier alpha value is -5.47. The van der Waals surface area contributed by atoms with Gasteiger partial charge in [-0.05, 0) is 108 Å². The zero-order valence-corrected chi connectivity index (χ0v) is 37.1. The van der Waals surface area contributed by atoms with Crippen molar-refractivity contribution in [1.82, 2.24) is 9.88 Å². The van der Waals surface area contributed by atoms with Crippen LogP contribution in [0.3, 0.4) is 0 Å². The number of hydrogen-bond acceptors (Lipinski definition) is 13. The number of carbonyl (C=O) groups excluding carboxylic acids is 6. The lowest BCUT2D eigenvalue weighted by molar-refractivity contribution is -0.157. The van der Waals surface area contributed by atoms with Crippen molar-refractivity contribution < 1.29 is 52.8 Å². The number of amides is 2. The highest BCUT2D eigenvalue weighted by atomic mass is 32.1. The first kappa shape index (κ1) is 47.6. The van der Waals surface area contributed by atoms with E-state index < -0.39 is 54.2 Å². The van der Waals surface area contributed by atoms with Crippen LogP contribution in [0.1, 0.15) is 114 Å². The Morgan fingerprint density at radius 3 is 2.47 bits per heavy atom. The fourth-order valence-corrected chi connectivity index (χ4v) is 8.52. The highest BCUT2D eigenvalue weighted by molar-refractivity contribution is 7.18. The molecule has 14 heteroatoms. The number of allylic oxidation sites excluding steroid dienone is 2. The number of hydrogen-bond donors (Lipinski definition) is 1. The van der Waals surface area contributed by atoms with E-state index in [2.05, 4.69) is 17.6 Å². The molecular weight excluding hydrogens is 813 g/mol. The fourth-order valence-electron chi connectivity index (χ4n) is 7.71. The molecule has 1 aromatic heterocycles. The molecule has 0 aliphatic carbocycles. The number of benzene rings is 2. The van der Waals surface area contributed by atoms with Crippen molar-refractivity contribution in [3.63, 3.8) is 0 Å². The first-order valence-electron chi connectivity index (χ1n) is 21.3. The van der Waals surface area contributed by atoms with Crippen LogP contribution in [0.4, 0.5) is 4.79 Å². The number of fused-ring (bicyclic) bond motifs is 1. The van der Waals surface area contributed by atoms with Gasteiger partial charge in [-0.2, -0.15) is 0 Å². The summed E-state index contributed by atoms with van der Waals surface area (Å²) >= 11 is 1.58. The molecule has 13 nitrogen and oxygen atoms in total. The second-order valence-electron chi connectivity index (χ2n) is 16.7. The van der Waals surface area contributed by atoms with Crippen molar-refractivity contribution in [3.05, 3.63) is 95.1 Å². The molecule has 0 saturated carbocycles. The van der Waals surface area contributed by atoms with E-state index in [0.717, 1.165) is 39.2 Å². The summed E-state index contributed by atoms with van der Waals surface area (Å²) < 4.78 is 23.9. The molecule has 0 spiro atoms. The van der Waals surface area contributed by atoms with E-state index in [1.54, 1.807) is 55.5 Å². The van der Waals surface area contributed by atoms with Gasteiger partial charge in [0.2, 0.25) is 0 Å². The number of nitrogens with zero attached hydrogens (tertiary/aromatic N) is 2. The molecule has 332 valence electrons. The molecule has 5 atom stereocenters. The molecule has 3 heterocycles. The predicted octanol–water partition coefficient (Wildman–Crippen LogP) is 9.00. The van der Waals surface area contributed by atoms with Crippen LogP contribution >= 0.6 is 11.3 Å². The van der Waals surface area contributed by atoms with Gasteiger partial charge in [-0.15, -0.1) is 17.9 Å².